The highest BCUT2D eigenvalue weighted by atomic mass is 16.7. The van der Waals surface area contributed by atoms with E-state index in [-0.39, 0.29) is 24.3 Å². The summed E-state index contributed by atoms with van der Waals surface area (Å²) in [5.41, 5.74) is 0. The fourth-order valence-electron chi connectivity index (χ4n) is 3.26. The third-order valence-electron chi connectivity index (χ3n) is 4.73. The van der Waals surface area contributed by atoms with Gasteiger partial charge in [0, 0.05) is 40.4 Å². The van der Waals surface area contributed by atoms with Crippen LogP contribution in [-0.2, 0) is 23.7 Å². The zero-order chi connectivity index (χ0) is 19.7. The van der Waals surface area contributed by atoms with Gasteiger partial charge < -0.3 is 29.0 Å². The van der Waals surface area contributed by atoms with E-state index in [1.165, 1.54) is 19.1 Å². The molecule has 1 aliphatic rings. The van der Waals surface area contributed by atoms with Crippen LogP contribution in [0.1, 0.15) is 33.6 Å². The van der Waals surface area contributed by atoms with Crippen molar-refractivity contribution in [3.05, 3.63) is 11.8 Å². The number of hydrogen-bond acceptors (Lipinski definition) is 6. The lowest BCUT2D eigenvalue weighted by molar-refractivity contribution is -0.180. The van der Waals surface area contributed by atoms with Crippen LogP contribution in [-0.4, -0.2) is 69.5 Å². The van der Waals surface area contributed by atoms with Crippen molar-refractivity contribution in [2.75, 3.05) is 41.0 Å². The summed E-state index contributed by atoms with van der Waals surface area (Å²) in [6.45, 7) is 7.08. The van der Waals surface area contributed by atoms with Crippen molar-refractivity contribution in [3.8, 4) is 0 Å². The van der Waals surface area contributed by atoms with Crippen LogP contribution in [0.2, 0.25) is 0 Å². The van der Waals surface area contributed by atoms with Crippen LogP contribution in [0.15, 0.2) is 11.8 Å². The Hall–Kier alpha value is -1.15. The first kappa shape index (κ1) is 22.9. The molecule has 152 valence electrons. The lowest BCUT2D eigenvalue weighted by Crippen LogP contribution is -2.43. The van der Waals surface area contributed by atoms with Gasteiger partial charge >= 0.3 is 0 Å². The first-order valence-corrected chi connectivity index (χ1v) is 9.31. The van der Waals surface area contributed by atoms with Crippen LogP contribution in [0.4, 0.5) is 0 Å². The lowest BCUT2D eigenvalue weighted by Gasteiger charge is -2.39. The highest BCUT2D eigenvalue weighted by molar-refractivity contribution is 5.91. The summed E-state index contributed by atoms with van der Waals surface area (Å²) in [5.74, 6) is 0.648. The normalized spacial score (nSPS) is 23.1. The minimum atomic E-state index is -0.492. The second-order valence-electron chi connectivity index (χ2n) is 6.91. The number of nitrogens with zero attached hydrogens (tertiary/aromatic N) is 1. The molecule has 1 N–H and O–H groups in total. The number of hydrogen-bond donors (Lipinski definition) is 1. The zero-order valence-electron chi connectivity index (χ0n) is 16.9. The number of aliphatic hydroxyl groups is 1. The molecule has 0 fully saturated rings. The van der Waals surface area contributed by atoms with Gasteiger partial charge in [0.1, 0.15) is 0 Å². The van der Waals surface area contributed by atoms with Crippen LogP contribution in [0.25, 0.3) is 0 Å². The molecule has 0 radical (unpaired) electrons. The van der Waals surface area contributed by atoms with Crippen molar-refractivity contribution >= 4 is 5.91 Å². The van der Waals surface area contributed by atoms with Crippen molar-refractivity contribution < 1.29 is 28.8 Å². The van der Waals surface area contributed by atoms with Gasteiger partial charge in [-0.05, 0) is 37.7 Å². The van der Waals surface area contributed by atoms with E-state index in [1.807, 2.05) is 13.0 Å². The molecule has 3 atom stereocenters. The molecule has 1 amide bonds. The Balaban J connectivity index is 3.00. The van der Waals surface area contributed by atoms with E-state index in [4.69, 9.17) is 18.9 Å². The van der Waals surface area contributed by atoms with Crippen LogP contribution in [0.3, 0.4) is 0 Å². The second kappa shape index (κ2) is 11.5. The van der Waals surface area contributed by atoms with E-state index in [2.05, 4.69) is 13.8 Å². The Kier molecular flexibility index (Phi) is 10.2. The van der Waals surface area contributed by atoms with Gasteiger partial charge in [-0.1, -0.05) is 13.8 Å². The van der Waals surface area contributed by atoms with Crippen molar-refractivity contribution in [2.45, 2.75) is 46.2 Å². The Morgan fingerprint density at radius 2 is 2.00 bits per heavy atom. The molecule has 0 spiro atoms. The molecule has 3 unspecified atom stereocenters. The fourth-order valence-corrected chi connectivity index (χ4v) is 3.26. The van der Waals surface area contributed by atoms with Gasteiger partial charge in [-0.3, -0.25) is 4.79 Å². The highest BCUT2D eigenvalue weighted by Crippen LogP contribution is 2.37. The monoisotopic (exact) mass is 373 g/mol. The molecule has 26 heavy (non-hydrogen) atoms. The molecule has 1 aliphatic heterocycles. The number of ether oxygens (including phenoxy) is 4. The van der Waals surface area contributed by atoms with Crippen LogP contribution in [0.5, 0.6) is 0 Å². The standard InChI is InChI=1S/C19H35NO6/c1-7-25-19-14(9-8-10-21)15(13(2)3)11-16(26-19)18(22)20(4)12-17(23-5)24-6/h11,13-15,17,19,21H,7-10,12H2,1-6H3. The van der Waals surface area contributed by atoms with Crippen molar-refractivity contribution in [3.63, 3.8) is 0 Å². The lowest BCUT2D eigenvalue weighted by atomic mass is 9.78. The number of amides is 1. The minimum Gasteiger partial charge on any atom is -0.459 e. The molecule has 0 saturated heterocycles. The Labute approximate surface area is 157 Å². The van der Waals surface area contributed by atoms with E-state index in [1.54, 1.807) is 7.05 Å². The zero-order valence-corrected chi connectivity index (χ0v) is 16.9. The van der Waals surface area contributed by atoms with E-state index in [9.17, 15) is 9.90 Å². The van der Waals surface area contributed by atoms with Crippen molar-refractivity contribution in [1.82, 2.24) is 4.90 Å². The molecule has 1 heterocycles. The summed E-state index contributed by atoms with van der Waals surface area (Å²) in [6, 6.07) is 0. The average molecular weight is 373 g/mol. The summed E-state index contributed by atoms with van der Waals surface area (Å²) in [5, 5.41) is 9.20. The van der Waals surface area contributed by atoms with Gasteiger partial charge in [0.2, 0.25) is 6.29 Å². The average Bonchev–Trinajstić information content (AvgIpc) is 2.63. The quantitative estimate of drug-likeness (QED) is 0.558. The number of aliphatic hydroxyl groups excluding tert-OH is 1. The van der Waals surface area contributed by atoms with Gasteiger partial charge in [0.25, 0.3) is 5.91 Å². The first-order chi connectivity index (χ1) is 12.4. The van der Waals surface area contributed by atoms with Crippen molar-refractivity contribution in [2.24, 2.45) is 17.8 Å². The van der Waals surface area contributed by atoms with Gasteiger partial charge in [-0.25, -0.2) is 0 Å². The van der Waals surface area contributed by atoms with Gasteiger partial charge in [0.15, 0.2) is 12.0 Å². The molecule has 0 aliphatic carbocycles. The van der Waals surface area contributed by atoms with Crippen molar-refractivity contribution in [1.29, 1.82) is 0 Å². The van der Waals surface area contributed by atoms with Crippen LogP contribution < -0.4 is 0 Å². The fraction of sp³-hybridized carbons (Fsp3) is 0.842. The Bertz CT molecular complexity index is 449. The second-order valence-corrected chi connectivity index (χ2v) is 6.91. The predicted molar refractivity (Wildman–Crippen MR) is 98.2 cm³/mol. The molecule has 0 aromatic heterocycles. The maximum Gasteiger partial charge on any atom is 0.288 e. The van der Waals surface area contributed by atoms with E-state index >= 15 is 0 Å². The number of carbonyl (C=O) groups excluding carboxylic acids is 1. The molecule has 0 saturated carbocycles. The number of carbonyl (C=O) groups is 1. The summed E-state index contributed by atoms with van der Waals surface area (Å²) in [4.78, 5) is 14.4. The van der Waals surface area contributed by atoms with E-state index < -0.39 is 12.6 Å². The summed E-state index contributed by atoms with van der Waals surface area (Å²) < 4.78 is 22.1. The summed E-state index contributed by atoms with van der Waals surface area (Å²) in [7, 11) is 4.76. The molecule has 0 bridgehead atoms. The number of allylic oxidation sites excluding steroid dienone is 1. The molecule has 7 nitrogen and oxygen atoms in total. The third kappa shape index (κ3) is 6.23. The topological polar surface area (TPSA) is 77.5 Å². The molecule has 7 heteroatoms. The van der Waals surface area contributed by atoms with Crippen LogP contribution >= 0.6 is 0 Å². The summed E-state index contributed by atoms with van der Waals surface area (Å²) >= 11 is 0. The maximum absolute atomic E-state index is 12.8. The van der Waals surface area contributed by atoms with Gasteiger partial charge in [-0.2, -0.15) is 0 Å². The van der Waals surface area contributed by atoms with Crippen LogP contribution in [0, 0.1) is 17.8 Å². The molecular formula is C19H35NO6. The van der Waals surface area contributed by atoms with Gasteiger partial charge in [-0.15, -0.1) is 0 Å². The van der Waals surface area contributed by atoms with Gasteiger partial charge in [0.05, 0.1) is 6.54 Å². The highest BCUT2D eigenvalue weighted by Gasteiger charge is 2.39. The Morgan fingerprint density at radius 1 is 1.35 bits per heavy atom. The van der Waals surface area contributed by atoms with E-state index in [0.717, 1.165) is 6.42 Å². The first-order valence-electron chi connectivity index (χ1n) is 9.31. The minimum absolute atomic E-state index is 0.106. The molecule has 0 aromatic carbocycles. The van der Waals surface area contributed by atoms with E-state index in [0.29, 0.717) is 31.2 Å². The molecule has 0 aromatic rings. The largest absolute Gasteiger partial charge is 0.459 e. The smallest absolute Gasteiger partial charge is 0.288 e. The number of rotatable bonds is 11. The predicted octanol–water partition coefficient (Wildman–Crippen LogP) is 2.00. The number of methoxy groups -OCH3 is 2. The maximum atomic E-state index is 12.8. The number of likely N-dealkylation sites (N-methyl/N-ethyl adjacent to an activating group) is 1. The Morgan fingerprint density at radius 3 is 2.50 bits per heavy atom. The third-order valence-corrected chi connectivity index (χ3v) is 4.73. The summed E-state index contributed by atoms with van der Waals surface area (Å²) in [6.07, 6.45) is 2.40. The molecule has 1 rings (SSSR count). The molecular weight excluding hydrogens is 338 g/mol. The SMILES string of the molecule is CCOC1OC(C(=O)N(C)CC(OC)OC)=CC(C(C)C)C1CCCO.